The van der Waals surface area contributed by atoms with Gasteiger partial charge in [-0.3, -0.25) is 4.79 Å². The highest BCUT2D eigenvalue weighted by Gasteiger charge is 2.27. The average molecular weight is 500 g/mol. The second-order valence-corrected chi connectivity index (χ2v) is 10.0. The highest BCUT2D eigenvalue weighted by molar-refractivity contribution is 5.97. The second-order valence-electron chi connectivity index (χ2n) is 10.0. The zero-order chi connectivity index (χ0) is 27.4. The Labute approximate surface area is 223 Å². The fraction of sp³-hybridized carbons (Fsp3) is 0.424. The van der Waals surface area contributed by atoms with Crippen LogP contribution in [0.1, 0.15) is 125 Å². The van der Waals surface area contributed by atoms with Crippen LogP contribution in [0.4, 0.5) is 0 Å². The summed E-state index contributed by atoms with van der Waals surface area (Å²) < 4.78 is 0. The van der Waals surface area contributed by atoms with Gasteiger partial charge in [0.15, 0.2) is 5.78 Å². The molecule has 0 aliphatic carbocycles. The number of aromatic amines is 3. The number of nitrogens with one attached hydrogen (secondary N) is 3. The van der Waals surface area contributed by atoms with E-state index in [2.05, 4.69) is 92.9 Å². The van der Waals surface area contributed by atoms with Crippen molar-refractivity contribution in [1.29, 1.82) is 0 Å². The van der Waals surface area contributed by atoms with E-state index in [-0.39, 0.29) is 17.6 Å². The molecule has 3 N–H and O–H groups in total. The van der Waals surface area contributed by atoms with Gasteiger partial charge in [0.1, 0.15) is 0 Å². The molecule has 0 saturated heterocycles. The van der Waals surface area contributed by atoms with Crippen molar-refractivity contribution >= 4 is 5.78 Å². The molecule has 1 aromatic carbocycles. The molecule has 2 atom stereocenters. The van der Waals surface area contributed by atoms with Crippen molar-refractivity contribution in [3.8, 4) is 0 Å². The first-order valence-corrected chi connectivity index (χ1v) is 13.8. The van der Waals surface area contributed by atoms with Gasteiger partial charge in [-0.05, 0) is 88.8 Å². The van der Waals surface area contributed by atoms with Crippen molar-refractivity contribution < 1.29 is 4.79 Å². The number of hydrogen-bond acceptors (Lipinski definition) is 1. The van der Waals surface area contributed by atoms with Gasteiger partial charge in [-0.1, -0.05) is 57.5 Å². The molecule has 0 radical (unpaired) electrons. The molecular formula is C33H45N3O. The topological polar surface area (TPSA) is 64.4 Å². The first-order valence-electron chi connectivity index (χ1n) is 13.8. The fourth-order valence-corrected chi connectivity index (χ4v) is 5.93. The Morgan fingerprint density at radius 2 is 1.35 bits per heavy atom. The molecule has 37 heavy (non-hydrogen) atoms. The number of carbonyl (C=O) groups excluding carboxylic acids is 1. The summed E-state index contributed by atoms with van der Waals surface area (Å²) in [6.45, 7) is 20.7. The third kappa shape index (κ3) is 5.39. The molecule has 198 valence electrons. The van der Waals surface area contributed by atoms with Gasteiger partial charge in [-0.25, -0.2) is 0 Å². The van der Waals surface area contributed by atoms with E-state index in [0.29, 0.717) is 0 Å². The number of aryl methyl sites for hydroxylation is 3. The van der Waals surface area contributed by atoms with Crippen LogP contribution in [0, 0.1) is 34.6 Å². The summed E-state index contributed by atoms with van der Waals surface area (Å²) in [6, 6.07) is 13.2. The Hall–Kier alpha value is -3.27. The smallest absolute Gasteiger partial charge is 0.161 e. The standard InChI is InChI=1S/C31H39N3O.C2H6/c1-9-24-18(4)30(32-20(24)6)25(10-2)26-15-16-27(34-26)29(23-13-11-17(3)12-14-23)31-19(5)28(22(8)35)21(7)33-31;1-2/h11-16,25,29,32-34H,9-10H2,1-8H3;1-2H3. The molecule has 4 aromatic rings. The maximum atomic E-state index is 12.4. The van der Waals surface area contributed by atoms with E-state index in [1.165, 1.54) is 39.3 Å². The number of hydrogen-bond donors (Lipinski definition) is 3. The zero-order valence-corrected chi connectivity index (χ0v) is 24.4. The van der Waals surface area contributed by atoms with E-state index in [9.17, 15) is 4.79 Å². The van der Waals surface area contributed by atoms with Crippen molar-refractivity contribution in [2.45, 2.75) is 93.9 Å². The summed E-state index contributed by atoms with van der Waals surface area (Å²) in [4.78, 5) is 23.5. The summed E-state index contributed by atoms with van der Waals surface area (Å²) in [6.07, 6.45) is 2.05. The summed E-state index contributed by atoms with van der Waals surface area (Å²) in [7, 11) is 0. The van der Waals surface area contributed by atoms with Crippen molar-refractivity contribution in [2.75, 3.05) is 0 Å². The number of benzene rings is 1. The van der Waals surface area contributed by atoms with Crippen LogP contribution in [-0.2, 0) is 6.42 Å². The van der Waals surface area contributed by atoms with E-state index >= 15 is 0 Å². The third-order valence-electron chi connectivity index (χ3n) is 7.69. The zero-order valence-electron chi connectivity index (χ0n) is 24.4. The van der Waals surface area contributed by atoms with E-state index < -0.39 is 0 Å². The molecule has 4 nitrogen and oxygen atoms in total. The van der Waals surface area contributed by atoms with Crippen LogP contribution in [0.25, 0.3) is 0 Å². The first-order chi connectivity index (χ1) is 17.7. The number of carbonyl (C=O) groups is 1. The van der Waals surface area contributed by atoms with E-state index in [0.717, 1.165) is 41.1 Å². The van der Waals surface area contributed by atoms with Crippen LogP contribution < -0.4 is 0 Å². The number of H-pyrrole nitrogens is 3. The second kappa shape index (κ2) is 11.9. The monoisotopic (exact) mass is 499 g/mol. The molecule has 4 heteroatoms. The van der Waals surface area contributed by atoms with E-state index in [4.69, 9.17) is 0 Å². The van der Waals surface area contributed by atoms with Crippen LogP contribution in [0.15, 0.2) is 36.4 Å². The lowest BCUT2D eigenvalue weighted by Gasteiger charge is -2.19. The van der Waals surface area contributed by atoms with Crippen molar-refractivity contribution in [2.24, 2.45) is 0 Å². The Morgan fingerprint density at radius 3 is 1.86 bits per heavy atom. The van der Waals surface area contributed by atoms with Gasteiger partial charge in [0, 0.05) is 45.6 Å². The van der Waals surface area contributed by atoms with Crippen molar-refractivity contribution in [3.05, 3.63) is 104 Å². The molecule has 3 aromatic heterocycles. The molecule has 3 heterocycles. The summed E-state index contributed by atoms with van der Waals surface area (Å²) in [5.74, 6) is 0.375. The summed E-state index contributed by atoms with van der Waals surface area (Å²) in [5.41, 5.74) is 14.1. The van der Waals surface area contributed by atoms with E-state index in [1.807, 2.05) is 20.8 Å². The molecule has 0 aliphatic heterocycles. The minimum atomic E-state index is -0.00802. The summed E-state index contributed by atoms with van der Waals surface area (Å²) >= 11 is 0. The molecule has 0 aliphatic rings. The predicted octanol–water partition coefficient (Wildman–Crippen LogP) is 8.73. The lowest BCUT2D eigenvalue weighted by molar-refractivity contribution is 0.101. The average Bonchev–Trinajstić information content (AvgIpc) is 3.54. The third-order valence-corrected chi connectivity index (χ3v) is 7.69. The molecule has 2 unspecified atom stereocenters. The van der Waals surface area contributed by atoms with Crippen molar-refractivity contribution in [1.82, 2.24) is 15.0 Å². The molecule has 0 saturated carbocycles. The lowest BCUT2D eigenvalue weighted by atomic mass is 9.89. The lowest BCUT2D eigenvalue weighted by Crippen LogP contribution is -2.08. The molecule has 0 bridgehead atoms. The highest BCUT2D eigenvalue weighted by atomic mass is 16.1. The highest BCUT2D eigenvalue weighted by Crippen LogP contribution is 2.38. The van der Waals surface area contributed by atoms with Crippen LogP contribution in [0.5, 0.6) is 0 Å². The van der Waals surface area contributed by atoms with Gasteiger partial charge in [-0.15, -0.1) is 0 Å². The van der Waals surface area contributed by atoms with Crippen LogP contribution in [0.2, 0.25) is 0 Å². The van der Waals surface area contributed by atoms with Crippen molar-refractivity contribution in [3.63, 3.8) is 0 Å². The Kier molecular flexibility index (Phi) is 9.07. The maximum absolute atomic E-state index is 12.4. The van der Waals surface area contributed by atoms with Crippen LogP contribution in [0.3, 0.4) is 0 Å². The number of ketones is 1. The molecule has 0 fully saturated rings. The minimum Gasteiger partial charge on any atom is -0.361 e. The number of Topliss-reactive ketones (excluding diaryl/α,β-unsaturated/α-hetero) is 1. The maximum Gasteiger partial charge on any atom is 0.161 e. The minimum absolute atomic E-state index is 0.00802. The summed E-state index contributed by atoms with van der Waals surface area (Å²) in [5, 5.41) is 0. The predicted molar refractivity (Wildman–Crippen MR) is 156 cm³/mol. The largest absolute Gasteiger partial charge is 0.361 e. The number of aromatic nitrogens is 3. The van der Waals surface area contributed by atoms with Crippen LogP contribution >= 0.6 is 0 Å². The molecule has 0 spiro atoms. The van der Waals surface area contributed by atoms with Gasteiger partial charge in [0.25, 0.3) is 0 Å². The molecule has 4 rings (SSSR count). The van der Waals surface area contributed by atoms with Gasteiger partial charge in [0.2, 0.25) is 0 Å². The van der Waals surface area contributed by atoms with Crippen LogP contribution in [-0.4, -0.2) is 20.7 Å². The fourth-order valence-electron chi connectivity index (χ4n) is 5.93. The SMILES string of the molecule is CC.CCc1c(C)[nH]c(C(CC)c2ccc(C(c3ccc(C)cc3)c3[nH]c(C)c(C(C)=O)c3C)[nH]2)c1C. The first kappa shape index (κ1) is 28.3. The normalized spacial score (nSPS) is 12.7. The van der Waals surface area contributed by atoms with Gasteiger partial charge in [0.05, 0.1) is 5.92 Å². The Morgan fingerprint density at radius 1 is 0.757 bits per heavy atom. The Balaban J connectivity index is 0.00000186. The van der Waals surface area contributed by atoms with Gasteiger partial charge >= 0.3 is 0 Å². The molecular weight excluding hydrogens is 454 g/mol. The number of rotatable bonds is 8. The quantitative estimate of drug-likeness (QED) is 0.208. The van der Waals surface area contributed by atoms with Gasteiger partial charge < -0.3 is 15.0 Å². The molecule has 0 amide bonds. The Bertz CT molecular complexity index is 1350. The van der Waals surface area contributed by atoms with E-state index in [1.54, 1.807) is 6.92 Å². The van der Waals surface area contributed by atoms with Gasteiger partial charge in [-0.2, -0.15) is 0 Å².